The first-order valence-electron chi connectivity index (χ1n) is 6.23. The average Bonchev–Trinajstić information content (AvgIpc) is 2.74. The van der Waals surface area contributed by atoms with Crippen LogP contribution in [-0.2, 0) is 11.3 Å². The van der Waals surface area contributed by atoms with E-state index in [9.17, 15) is 4.79 Å². The van der Waals surface area contributed by atoms with Gasteiger partial charge in [0, 0.05) is 11.9 Å². The third-order valence-electron chi connectivity index (χ3n) is 2.80. The highest BCUT2D eigenvalue weighted by atomic mass is 16.2. The van der Waals surface area contributed by atoms with E-state index < -0.39 is 0 Å². The molecule has 2 aromatic rings. The first kappa shape index (κ1) is 13.1. The monoisotopic (exact) mass is 258 g/mol. The highest BCUT2D eigenvalue weighted by Gasteiger charge is 2.06. The summed E-state index contributed by atoms with van der Waals surface area (Å²) in [5, 5.41) is 6.83. The number of aromatic nitrogens is 2. The molecule has 5 nitrogen and oxygen atoms in total. The van der Waals surface area contributed by atoms with E-state index in [1.807, 2.05) is 18.2 Å². The van der Waals surface area contributed by atoms with Gasteiger partial charge in [-0.05, 0) is 29.7 Å². The van der Waals surface area contributed by atoms with Gasteiger partial charge in [0.05, 0.1) is 0 Å². The molecule has 1 amide bonds. The van der Waals surface area contributed by atoms with Gasteiger partial charge < -0.3 is 11.1 Å². The van der Waals surface area contributed by atoms with Crippen molar-refractivity contribution in [1.29, 1.82) is 0 Å². The Morgan fingerprint density at radius 3 is 2.84 bits per heavy atom. The normalized spacial score (nSPS) is 10.7. The first-order valence-corrected chi connectivity index (χ1v) is 6.23. The predicted molar refractivity (Wildman–Crippen MR) is 75.8 cm³/mol. The molecule has 1 aromatic heterocycles. The zero-order chi connectivity index (χ0) is 13.8. The van der Waals surface area contributed by atoms with E-state index >= 15 is 0 Å². The van der Waals surface area contributed by atoms with Crippen molar-refractivity contribution in [3.63, 3.8) is 0 Å². The molecule has 100 valence electrons. The van der Waals surface area contributed by atoms with Gasteiger partial charge in [0.1, 0.15) is 12.4 Å². The second-order valence-corrected chi connectivity index (χ2v) is 4.77. The quantitative estimate of drug-likeness (QED) is 0.883. The molecule has 5 heteroatoms. The maximum atomic E-state index is 11.9. The van der Waals surface area contributed by atoms with Crippen LogP contribution < -0.4 is 11.1 Å². The van der Waals surface area contributed by atoms with Crippen molar-refractivity contribution in [2.75, 3.05) is 11.1 Å². The fraction of sp³-hybridized carbons (Fsp3) is 0.286. The zero-order valence-corrected chi connectivity index (χ0v) is 11.1. The summed E-state index contributed by atoms with van der Waals surface area (Å²) in [5.74, 6) is 0.723. The molecule has 0 unspecified atom stereocenters. The summed E-state index contributed by atoms with van der Waals surface area (Å²) in [5.41, 5.74) is 7.49. The molecule has 1 heterocycles. The molecule has 0 radical (unpaired) electrons. The van der Waals surface area contributed by atoms with Gasteiger partial charge in [-0.3, -0.25) is 9.48 Å². The van der Waals surface area contributed by atoms with Crippen LogP contribution in [0.5, 0.6) is 0 Å². The fourth-order valence-electron chi connectivity index (χ4n) is 1.79. The number of hydrogen-bond donors (Lipinski definition) is 2. The highest BCUT2D eigenvalue weighted by molar-refractivity contribution is 5.90. The maximum absolute atomic E-state index is 11.9. The largest absolute Gasteiger partial charge is 0.382 e. The number of nitrogens with two attached hydrogens (primary N) is 1. The Morgan fingerprint density at radius 1 is 1.42 bits per heavy atom. The van der Waals surface area contributed by atoms with E-state index in [4.69, 9.17) is 5.73 Å². The van der Waals surface area contributed by atoms with Crippen molar-refractivity contribution in [2.24, 2.45) is 0 Å². The van der Waals surface area contributed by atoms with E-state index in [1.165, 1.54) is 10.2 Å². The van der Waals surface area contributed by atoms with Gasteiger partial charge in [-0.2, -0.15) is 5.10 Å². The van der Waals surface area contributed by atoms with Crippen molar-refractivity contribution >= 4 is 17.4 Å². The van der Waals surface area contributed by atoms with E-state index in [2.05, 4.69) is 30.3 Å². The lowest BCUT2D eigenvalue weighted by atomic mass is 10.0. The molecule has 2 rings (SSSR count). The Morgan fingerprint density at radius 2 is 2.21 bits per heavy atom. The lowest BCUT2D eigenvalue weighted by Gasteiger charge is -2.09. The second kappa shape index (κ2) is 5.56. The van der Waals surface area contributed by atoms with Gasteiger partial charge in [0.25, 0.3) is 0 Å². The van der Waals surface area contributed by atoms with E-state index in [0.29, 0.717) is 11.7 Å². The number of carbonyl (C=O) groups excluding carboxylic acids is 1. The van der Waals surface area contributed by atoms with Crippen molar-refractivity contribution in [3.8, 4) is 0 Å². The minimum absolute atomic E-state index is 0.121. The lowest BCUT2D eigenvalue weighted by molar-refractivity contribution is -0.116. The summed E-state index contributed by atoms with van der Waals surface area (Å²) < 4.78 is 1.51. The van der Waals surface area contributed by atoms with Gasteiger partial charge in [0.2, 0.25) is 5.91 Å². The fourth-order valence-corrected chi connectivity index (χ4v) is 1.79. The molecule has 0 aliphatic carbocycles. The zero-order valence-electron chi connectivity index (χ0n) is 11.1. The highest BCUT2D eigenvalue weighted by Crippen LogP contribution is 2.18. The average molecular weight is 258 g/mol. The molecule has 0 spiro atoms. The number of amides is 1. The molecule has 0 aliphatic heterocycles. The lowest BCUT2D eigenvalue weighted by Crippen LogP contribution is -2.19. The molecule has 0 bridgehead atoms. The van der Waals surface area contributed by atoms with Crippen LogP contribution in [-0.4, -0.2) is 15.7 Å². The summed E-state index contributed by atoms with van der Waals surface area (Å²) in [4.78, 5) is 11.9. The van der Waals surface area contributed by atoms with E-state index in [0.717, 1.165) is 5.69 Å². The first-order chi connectivity index (χ1) is 9.04. The third-order valence-corrected chi connectivity index (χ3v) is 2.80. The number of rotatable bonds is 4. The van der Waals surface area contributed by atoms with Crippen LogP contribution in [0.4, 0.5) is 11.5 Å². The Hall–Kier alpha value is -2.30. The Kier molecular flexibility index (Phi) is 3.85. The smallest absolute Gasteiger partial charge is 0.246 e. The minimum Gasteiger partial charge on any atom is -0.382 e. The number of carbonyl (C=O) groups is 1. The van der Waals surface area contributed by atoms with Gasteiger partial charge in [-0.1, -0.05) is 26.0 Å². The molecule has 19 heavy (non-hydrogen) atoms. The maximum Gasteiger partial charge on any atom is 0.246 e. The number of nitrogens with zero attached hydrogens (tertiary/aromatic N) is 2. The van der Waals surface area contributed by atoms with Crippen LogP contribution >= 0.6 is 0 Å². The SMILES string of the molecule is CC(C)c1cccc(NC(=O)Cn2ccc(N)n2)c1. The number of nitrogens with one attached hydrogen (secondary N) is 1. The van der Waals surface area contributed by atoms with Gasteiger partial charge >= 0.3 is 0 Å². The van der Waals surface area contributed by atoms with Crippen molar-refractivity contribution in [1.82, 2.24) is 9.78 Å². The minimum atomic E-state index is -0.121. The molecule has 0 aliphatic rings. The van der Waals surface area contributed by atoms with Crippen LogP contribution in [0.25, 0.3) is 0 Å². The molecule has 1 aromatic carbocycles. The summed E-state index contributed by atoms with van der Waals surface area (Å²) in [7, 11) is 0. The second-order valence-electron chi connectivity index (χ2n) is 4.77. The number of anilines is 2. The summed E-state index contributed by atoms with van der Waals surface area (Å²) in [6, 6.07) is 9.51. The predicted octanol–water partition coefficient (Wildman–Crippen LogP) is 2.23. The van der Waals surface area contributed by atoms with Gasteiger partial charge in [-0.15, -0.1) is 0 Å². The standard InChI is InChI=1S/C14H18N4O/c1-10(2)11-4-3-5-12(8-11)16-14(19)9-18-7-6-13(15)17-18/h3-8,10H,9H2,1-2H3,(H2,15,17)(H,16,19). The topological polar surface area (TPSA) is 72.9 Å². The summed E-state index contributed by atoms with van der Waals surface area (Å²) in [6.07, 6.45) is 1.68. The Balaban J connectivity index is 2.00. The third kappa shape index (κ3) is 3.58. The number of hydrogen-bond acceptors (Lipinski definition) is 3. The van der Waals surface area contributed by atoms with Crippen LogP contribution in [0, 0.1) is 0 Å². The Labute approximate surface area is 112 Å². The molecular formula is C14H18N4O. The van der Waals surface area contributed by atoms with Crippen molar-refractivity contribution in [3.05, 3.63) is 42.1 Å². The Bertz CT molecular complexity index is 574. The van der Waals surface area contributed by atoms with Crippen molar-refractivity contribution < 1.29 is 4.79 Å². The molecule has 0 atom stereocenters. The van der Waals surface area contributed by atoms with Crippen LogP contribution in [0.3, 0.4) is 0 Å². The molecule has 0 saturated carbocycles. The number of nitrogen functional groups attached to an aromatic ring is 1. The molecule has 0 saturated heterocycles. The van der Waals surface area contributed by atoms with Gasteiger partial charge in [-0.25, -0.2) is 0 Å². The van der Waals surface area contributed by atoms with Crippen LogP contribution in [0.15, 0.2) is 36.5 Å². The van der Waals surface area contributed by atoms with Gasteiger partial charge in [0.15, 0.2) is 0 Å². The molecule has 3 N–H and O–H groups in total. The van der Waals surface area contributed by atoms with Crippen LogP contribution in [0.2, 0.25) is 0 Å². The van der Waals surface area contributed by atoms with Crippen molar-refractivity contribution in [2.45, 2.75) is 26.3 Å². The summed E-state index contributed by atoms with van der Waals surface area (Å²) >= 11 is 0. The molecular weight excluding hydrogens is 240 g/mol. The number of benzene rings is 1. The van der Waals surface area contributed by atoms with E-state index in [-0.39, 0.29) is 12.5 Å². The molecule has 0 fully saturated rings. The summed E-state index contributed by atoms with van der Waals surface area (Å²) in [6.45, 7) is 4.39. The van der Waals surface area contributed by atoms with E-state index in [1.54, 1.807) is 12.3 Å². The van der Waals surface area contributed by atoms with Crippen LogP contribution in [0.1, 0.15) is 25.3 Å².